The molecule has 26 heavy (non-hydrogen) atoms. The van der Waals surface area contributed by atoms with E-state index >= 15 is 0 Å². The number of rotatable bonds is 6. The largest absolute Gasteiger partial charge is 0.469 e. The van der Waals surface area contributed by atoms with Gasteiger partial charge in [-0.2, -0.15) is 8.78 Å². The van der Waals surface area contributed by atoms with Crippen LogP contribution in [0.5, 0.6) is 5.75 Å². The van der Waals surface area contributed by atoms with Crippen molar-refractivity contribution in [1.29, 1.82) is 0 Å². The van der Waals surface area contributed by atoms with Crippen molar-refractivity contribution in [3.63, 3.8) is 0 Å². The standard InChI is InChI=1S/C15H17F2N3O6/c1-25-13(21)9-3-2-4-10(9)18-15(22)19-11-7-8(20(23)24)5-6-12(11)26-14(16)17/h5-7,9-10,14H,2-4H2,1H3,(H2,18,19,22)/t9-,10-/m1/s1. The second-order valence-electron chi connectivity index (χ2n) is 5.58. The van der Waals surface area contributed by atoms with Gasteiger partial charge in [-0.1, -0.05) is 6.42 Å². The van der Waals surface area contributed by atoms with Crippen molar-refractivity contribution >= 4 is 23.4 Å². The van der Waals surface area contributed by atoms with Gasteiger partial charge in [-0.05, 0) is 18.9 Å². The van der Waals surface area contributed by atoms with Gasteiger partial charge in [0.05, 0.1) is 23.6 Å². The molecule has 0 aromatic heterocycles. The van der Waals surface area contributed by atoms with Crippen LogP contribution in [0.4, 0.5) is 25.0 Å². The van der Waals surface area contributed by atoms with Crippen molar-refractivity contribution in [2.75, 3.05) is 12.4 Å². The molecule has 0 spiro atoms. The zero-order chi connectivity index (χ0) is 19.3. The first-order chi connectivity index (χ1) is 12.3. The van der Waals surface area contributed by atoms with Crippen LogP contribution in [0.2, 0.25) is 0 Å². The van der Waals surface area contributed by atoms with Gasteiger partial charge < -0.3 is 20.1 Å². The van der Waals surface area contributed by atoms with Crippen LogP contribution < -0.4 is 15.4 Å². The maximum Gasteiger partial charge on any atom is 0.387 e. The topological polar surface area (TPSA) is 120 Å². The number of hydrogen-bond acceptors (Lipinski definition) is 6. The number of nitrogens with zero attached hydrogens (tertiary/aromatic N) is 1. The number of hydrogen-bond donors (Lipinski definition) is 2. The first kappa shape index (κ1) is 19.3. The fraction of sp³-hybridized carbons (Fsp3) is 0.467. The third-order valence-corrected chi connectivity index (χ3v) is 3.97. The molecule has 1 aromatic carbocycles. The highest BCUT2D eigenvalue weighted by Crippen LogP contribution is 2.31. The van der Waals surface area contributed by atoms with Crippen molar-refractivity contribution in [2.45, 2.75) is 31.9 Å². The number of nitro groups is 1. The number of halogens is 2. The van der Waals surface area contributed by atoms with E-state index in [9.17, 15) is 28.5 Å². The minimum atomic E-state index is -3.17. The number of alkyl halides is 2. The van der Waals surface area contributed by atoms with E-state index in [2.05, 4.69) is 20.1 Å². The Kier molecular flexibility index (Phi) is 6.26. The number of methoxy groups -OCH3 is 1. The Balaban J connectivity index is 2.12. The van der Waals surface area contributed by atoms with E-state index in [1.807, 2.05) is 0 Å². The van der Waals surface area contributed by atoms with Crippen LogP contribution in [-0.2, 0) is 9.53 Å². The van der Waals surface area contributed by atoms with Crippen molar-refractivity contribution in [1.82, 2.24) is 5.32 Å². The number of carbonyl (C=O) groups excluding carboxylic acids is 2. The molecule has 2 atom stereocenters. The van der Waals surface area contributed by atoms with E-state index < -0.39 is 46.9 Å². The van der Waals surface area contributed by atoms with E-state index in [4.69, 9.17) is 0 Å². The van der Waals surface area contributed by atoms with Gasteiger partial charge in [0.1, 0.15) is 5.75 Å². The van der Waals surface area contributed by atoms with Crippen LogP contribution >= 0.6 is 0 Å². The van der Waals surface area contributed by atoms with Crippen LogP contribution in [0.15, 0.2) is 18.2 Å². The molecule has 9 nitrogen and oxygen atoms in total. The minimum absolute atomic E-state index is 0.287. The van der Waals surface area contributed by atoms with Crippen LogP contribution in [0, 0.1) is 16.0 Å². The molecule has 0 unspecified atom stereocenters. The number of urea groups is 1. The average molecular weight is 373 g/mol. The van der Waals surface area contributed by atoms with Gasteiger partial charge in [-0.15, -0.1) is 0 Å². The summed E-state index contributed by atoms with van der Waals surface area (Å²) in [5.41, 5.74) is -0.695. The minimum Gasteiger partial charge on any atom is -0.469 e. The van der Waals surface area contributed by atoms with Crippen LogP contribution in [-0.4, -0.2) is 36.7 Å². The maximum atomic E-state index is 12.5. The van der Waals surface area contributed by atoms with Crippen LogP contribution in [0.1, 0.15) is 19.3 Å². The lowest BCUT2D eigenvalue weighted by molar-refractivity contribution is -0.384. The first-order valence-electron chi connectivity index (χ1n) is 7.70. The SMILES string of the molecule is COC(=O)[C@@H]1CCC[C@H]1NC(=O)Nc1cc([N+](=O)[O-])ccc1OC(F)F. The van der Waals surface area contributed by atoms with E-state index in [-0.39, 0.29) is 5.69 Å². The Hall–Kier alpha value is -2.98. The van der Waals surface area contributed by atoms with Gasteiger partial charge in [0, 0.05) is 18.2 Å². The molecule has 0 bridgehead atoms. The van der Waals surface area contributed by atoms with E-state index in [1.54, 1.807) is 0 Å². The molecule has 1 saturated carbocycles. The highest BCUT2D eigenvalue weighted by Gasteiger charge is 2.35. The second kappa shape index (κ2) is 8.41. The Morgan fingerprint density at radius 2 is 2.08 bits per heavy atom. The van der Waals surface area contributed by atoms with Gasteiger partial charge in [-0.25, -0.2) is 4.79 Å². The lowest BCUT2D eigenvalue weighted by atomic mass is 10.0. The second-order valence-corrected chi connectivity index (χ2v) is 5.58. The average Bonchev–Trinajstić information content (AvgIpc) is 3.03. The van der Waals surface area contributed by atoms with Crippen molar-refractivity contribution in [2.24, 2.45) is 5.92 Å². The maximum absolute atomic E-state index is 12.5. The molecular weight excluding hydrogens is 356 g/mol. The number of non-ortho nitro benzene ring substituents is 1. The van der Waals surface area contributed by atoms with Gasteiger partial charge in [0.15, 0.2) is 0 Å². The smallest absolute Gasteiger partial charge is 0.387 e. The van der Waals surface area contributed by atoms with Gasteiger partial charge in [0.2, 0.25) is 0 Å². The van der Waals surface area contributed by atoms with Gasteiger partial charge in [0.25, 0.3) is 5.69 Å². The van der Waals surface area contributed by atoms with E-state index in [0.717, 1.165) is 18.2 Å². The summed E-state index contributed by atoms with van der Waals surface area (Å²) in [6.07, 6.45) is 1.80. The van der Waals surface area contributed by atoms with Crippen LogP contribution in [0.25, 0.3) is 0 Å². The number of amides is 2. The summed E-state index contributed by atoms with van der Waals surface area (Å²) in [5.74, 6) is -1.38. The fourth-order valence-corrected chi connectivity index (χ4v) is 2.82. The molecule has 2 rings (SSSR count). The molecule has 2 amide bonds. The predicted molar refractivity (Wildman–Crippen MR) is 85.0 cm³/mol. The molecule has 0 saturated heterocycles. The molecule has 2 N–H and O–H groups in total. The molecule has 0 radical (unpaired) electrons. The number of benzene rings is 1. The van der Waals surface area contributed by atoms with Gasteiger partial charge >= 0.3 is 18.6 Å². The van der Waals surface area contributed by atoms with Crippen molar-refractivity contribution < 1.29 is 32.8 Å². The highest BCUT2D eigenvalue weighted by molar-refractivity contribution is 5.92. The molecule has 11 heteroatoms. The molecule has 0 heterocycles. The fourth-order valence-electron chi connectivity index (χ4n) is 2.82. The molecule has 1 aliphatic carbocycles. The monoisotopic (exact) mass is 373 g/mol. The lowest BCUT2D eigenvalue weighted by Crippen LogP contribution is -2.42. The number of carbonyl (C=O) groups is 2. The van der Waals surface area contributed by atoms with Gasteiger partial charge in [-0.3, -0.25) is 14.9 Å². The summed E-state index contributed by atoms with van der Waals surface area (Å²) >= 11 is 0. The molecule has 0 aliphatic heterocycles. The van der Waals surface area contributed by atoms with Crippen molar-refractivity contribution in [3.8, 4) is 5.75 Å². The number of anilines is 1. The number of nitrogens with one attached hydrogen (secondary N) is 2. The Morgan fingerprint density at radius 1 is 1.35 bits per heavy atom. The Labute approximate surface area is 146 Å². The lowest BCUT2D eigenvalue weighted by Gasteiger charge is -2.20. The Morgan fingerprint density at radius 3 is 2.69 bits per heavy atom. The van der Waals surface area contributed by atoms with E-state index in [1.165, 1.54) is 7.11 Å². The summed E-state index contributed by atoms with van der Waals surface area (Å²) in [7, 11) is 1.24. The molecule has 1 aromatic rings. The zero-order valence-electron chi connectivity index (χ0n) is 13.7. The number of esters is 1. The summed E-state index contributed by atoms with van der Waals surface area (Å²) in [6, 6.07) is 1.56. The highest BCUT2D eigenvalue weighted by atomic mass is 19.3. The quantitative estimate of drug-likeness (QED) is 0.449. The Bertz CT molecular complexity index is 700. The third-order valence-electron chi connectivity index (χ3n) is 3.97. The van der Waals surface area contributed by atoms with Crippen molar-refractivity contribution in [3.05, 3.63) is 28.3 Å². The summed E-state index contributed by atoms with van der Waals surface area (Å²) in [5, 5.41) is 15.6. The third kappa shape index (κ3) is 4.77. The number of nitro benzene ring substituents is 1. The van der Waals surface area contributed by atoms with Crippen LogP contribution in [0.3, 0.4) is 0 Å². The zero-order valence-corrected chi connectivity index (χ0v) is 13.7. The predicted octanol–water partition coefficient (Wildman–Crippen LogP) is 2.66. The molecule has 1 fully saturated rings. The van der Waals surface area contributed by atoms with E-state index in [0.29, 0.717) is 19.3 Å². The summed E-state index contributed by atoms with van der Waals surface area (Å²) in [4.78, 5) is 33.9. The molecule has 142 valence electrons. The summed E-state index contributed by atoms with van der Waals surface area (Å²) < 4.78 is 33.9. The number of ether oxygens (including phenoxy) is 2. The normalized spacial score (nSPS) is 19.1. The first-order valence-corrected chi connectivity index (χ1v) is 7.70. The summed E-state index contributed by atoms with van der Waals surface area (Å²) in [6.45, 7) is -3.17. The molecular formula is C15H17F2N3O6. The molecule has 1 aliphatic rings.